The molecule has 5 heteroatoms. The summed E-state index contributed by atoms with van der Waals surface area (Å²) in [6, 6.07) is 10.8. The van der Waals surface area contributed by atoms with Gasteiger partial charge in [0.1, 0.15) is 5.76 Å². The highest BCUT2D eigenvalue weighted by atomic mass is 16.3. The third kappa shape index (κ3) is 3.45. The third-order valence-electron chi connectivity index (χ3n) is 2.53. The monoisotopic (exact) mass is 257 g/mol. The molecule has 0 unspecified atom stereocenters. The first kappa shape index (κ1) is 12.9. The molecule has 2 aromatic rings. The molecule has 1 aromatic heterocycles. The van der Waals surface area contributed by atoms with Crippen molar-refractivity contribution in [2.24, 2.45) is 5.10 Å². The molecule has 0 aliphatic heterocycles. The van der Waals surface area contributed by atoms with Gasteiger partial charge in [0.25, 0.3) is 5.91 Å². The Balaban J connectivity index is 2.02. The van der Waals surface area contributed by atoms with Gasteiger partial charge in [0, 0.05) is 25.3 Å². The van der Waals surface area contributed by atoms with Crippen molar-refractivity contribution in [1.82, 2.24) is 5.43 Å². The highest BCUT2D eigenvalue weighted by Crippen LogP contribution is 2.13. The highest BCUT2D eigenvalue weighted by Gasteiger charge is 2.05. The van der Waals surface area contributed by atoms with Gasteiger partial charge >= 0.3 is 0 Å². The number of nitrogens with one attached hydrogen (secondary N) is 1. The fourth-order valence-corrected chi connectivity index (χ4v) is 1.51. The molecule has 0 saturated carbocycles. The van der Waals surface area contributed by atoms with Crippen molar-refractivity contribution in [2.45, 2.75) is 0 Å². The summed E-state index contributed by atoms with van der Waals surface area (Å²) in [6.45, 7) is 0. The van der Waals surface area contributed by atoms with E-state index >= 15 is 0 Å². The van der Waals surface area contributed by atoms with Crippen LogP contribution in [0.25, 0.3) is 0 Å². The third-order valence-corrected chi connectivity index (χ3v) is 2.53. The molecule has 0 atom stereocenters. The summed E-state index contributed by atoms with van der Waals surface area (Å²) in [5.41, 5.74) is 3.97. The van der Waals surface area contributed by atoms with Crippen molar-refractivity contribution in [3.63, 3.8) is 0 Å². The summed E-state index contributed by atoms with van der Waals surface area (Å²) in [6.07, 6.45) is 3.00. The van der Waals surface area contributed by atoms with Gasteiger partial charge < -0.3 is 9.32 Å². The van der Waals surface area contributed by atoms with E-state index < -0.39 is 0 Å². The Morgan fingerprint density at radius 1 is 1.32 bits per heavy atom. The molecule has 1 amide bonds. The smallest absolute Gasteiger partial charge is 0.271 e. The normalized spacial score (nSPS) is 10.6. The first-order valence-corrected chi connectivity index (χ1v) is 5.81. The summed E-state index contributed by atoms with van der Waals surface area (Å²) in [5.74, 6) is 0.328. The lowest BCUT2D eigenvalue weighted by Gasteiger charge is -2.12. The lowest BCUT2D eigenvalue weighted by molar-refractivity contribution is 0.0955. The van der Waals surface area contributed by atoms with E-state index in [4.69, 9.17) is 4.42 Å². The second-order valence-corrected chi connectivity index (χ2v) is 4.16. The fraction of sp³-hybridized carbons (Fsp3) is 0.143. The van der Waals surface area contributed by atoms with Crippen molar-refractivity contribution in [3.8, 4) is 0 Å². The molecule has 5 nitrogen and oxygen atoms in total. The number of amides is 1. The van der Waals surface area contributed by atoms with E-state index in [0.717, 1.165) is 5.69 Å². The highest BCUT2D eigenvalue weighted by molar-refractivity contribution is 5.95. The van der Waals surface area contributed by atoms with Crippen LogP contribution in [0.2, 0.25) is 0 Å². The molecule has 0 spiro atoms. The number of hydrazone groups is 1. The van der Waals surface area contributed by atoms with Crippen molar-refractivity contribution in [3.05, 3.63) is 54.0 Å². The number of furan rings is 1. The molecular formula is C14H15N3O2. The number of hydrogen-bond acceptors (Lipinski definition) is 4. The van der Waals surface area contributed by atoms with Crippen molar-refractivity contribution in [2.75, 3.05) is 19.0 Å². The molecule has 98 valence electrons. The van der Waals surface area contributed by atoms with Crippen LogP contribution in [-0.2, 0) is 0 Å². The van der Waals surface area contributed by atoms with E-state index in [2.05, 4.69) is 10.5 Å². The SMILES string of the molecule is CN(C)c1cccc(C(=O)NN=Cc2ccco2)c1. The molecular weight excluding hydrogens is 242 g/mol. The van der Waals surface area contributed by atoms with Gasteiger partial charge in [-0.25, -0.2) is 5.43 Å². The molecule has 1 aromatic carbocycles. The molecule has 0 fully saturated rings. The largest absolute Gasteiger partial charge is 0.463 e. The molecule has 0 radical (unpaired) electrons. The van der Waals surface area contributed by atoms with Gasteiger partial charge in [0.15, 0.2) is 0 Å². The number of anilines is 1. The van der Waals surface area contributed by atoms with E-state index in [0.29, 0.717) is 11.3 Å². The van der Waals surface area contributed by atoms with Gasteiger partial charge in [0.05, 0.1) is 12.5 Å². The molecule has 1 N–H and O–H groups in total. The number of rotatable bonds is 4. The maximum Gasteiger partial charge on any atom is 0.271 e. The minimum absolute atomic E-state index is 0.258. The van der Waals surface area contributed by atoms with Crippen LogP contribution in [0.15, 0.2) is 52.2 Å². The van der Waals surface area contributed by atoms with Crippen LogP contribution in [0, 0.1) is 0 Å². The second kappa shape index (κ2) is 5.86. The molecule has 19 heavy (non-hydrogen) atoms. The van der Waals surface area contributed by atoms with E-state index in [1.54, 1.807) is 30.5 Å². The Morgan fingerprint density at radius 3 is 2.84 bits per heavy atom. The van der Waals surface area contributed by atoms with Crippen LogP contribution in [0.3, 0.4) is 0 Å². The van der Waals surface area contributed by atoms with Gasteiger partial charge in [0.2, 0.25) is 0 Å². The quantitative estimate of drug-likeness (QED) is 0.674. The summed E-state index contributed by atoms with van der Waals surface area (Å²) in [5, 5.41) is 3.83. The number of nitrogens with zero attached hydrogens (tertiary/aromatic N) is 2. The maximum atomic E-state index is 11.9. The van der Waals surface area contributed by atoms with E-state index in [1.807, 2.05) is 31.1 Å². The van der Waals surface area contributed by atoms with E-state index in [-0.39, 0.29) is 5.91 Å². The number of carbonyl (C=O) groups is 1. The Hall–Kier alpha value is -2.56. The van der Waals surface area contributed by atoms with Gasteiger partial charge in [-0.1, -0.05) is 6.07 Å². The average Bonchev–Trinajstić information content (AvgIpc) is 2.92. The van der Waals surface area contributed by atoms with Crippen molar-refractivity contribution < 1.29 is 9.21 Å². The Labute approximate surface area is 111 Å². The predicted molar refractivity (Wildman–Crippen MR) is 74.5 cm³/mol. The Bertz CT molecular complexity index is 574. The lowest BCUT2D eigenvalue weighted by atomic mass is 10.2. The fourth-order valence-electron chi connectivity index (χ4n) is 1.51. The molecule has 0 bridgehead atoms. The summed E-state index contributed by atoms with van der Waals surface area (Å²) >= 11 is 0. The van der Waals surface area contributed by atoms with Crippen molar-refractivity contribution >= 4 is 17.8 Å². The molecule has 0 aliphatic carbocycles. The minimum Gasteiger partial charge on any atom is -0.463 e. The van der Waals surface area contributed by atoms with Gasteiger partial charge in [-0.15, -0.1) is 0 Å². The summed E-state index contributed by atoms with van der Waals surface area (Å²) in [4.78, 5) is 13.8. The molecule has 1 heterocycles. The van der Waals surface area contributed by atoms with Crippen LogP contribution >= 0.6 is 0 Å². The first-order valence-electron chi connectivity index (χ1n) is 5.81. The topological polar surface area (TPSA) is 57.8 Å². The first-order chi connectivity index (χ1) is 9.16. The summed E-state index contributed by atoms with van der Waals surface area (Å²) in [7, 11) is 3.85. The van der Waals surface area contributed by atoms with Gasteiger partial charge in [-0.3, -0.25) is 4.79 Å². The zero-order valence-electron chi connectivity index (χ0n) is 10.8. The van der Waals surface area contributed by atoms with Crippen LogP contribution in [0.5, 0.6) is 0 Å². The Morgan fingerprint density at radius 2 is 2.16 bits per heavy atom. The molecule has 0 aliphatic rings. The molecule has 2 rings (SSSR count). The second-order valence-electron chi connectivity index (χ2n) is 4.16. The number of hydrogen-bond donors (Lipinski definition) is 1. The zero-order chi connectivity index (χ0) is 13.7. The maximum absolute atomic E-state index is 11.9. The Kier molecular flexibility index (Phi) is 3.97. The standard InChI is InChI=1S/C14H15N3O2/c1-17(2)12-6-3-5-11(9-12)14(18)16-15-10-13-7-4-8-19-13/h3-10H,1-2H3,(H,16,18). The number of benzene rings is 1. The number of carbonyl (C=O) groups excluding carboxylic acids is 1. The molecule has 0 saturated heterocycles. The van der Waals surface area contributed by atoms with Crippen LogP contribution < -0.4 is 10.3 Å². The average molecular weight is 257 g/mol. The predicted octanol–water partition coefficient (Wildman–Crippen LogP) is 2.11. The zero-order valence-corrected chi connectivity index (χ0v) is 10.8. The lowest BCUT2D eigenvalue weighted by Crippen LogP contribution is -2.18. The van der Waals surface area contributed by atoms with Crippen LogP contribution in [0.4, 0.5) is 5.69 Å². The van der Waals surface area contributed by atoms with Gasteiger partial charge in [-0.2, -0.15) is 5.10 Å². The van der Waals surface area contributed by atoms with Gasteiger partial charge in [-0.05, 0) is 30.3 Å². The minimum atomic E-state index is -0.258. The van der Waals surface area contributed by atoms with E-state index in [1.165, 1.54) is 6.21 Å². The van der Waals surface area contributed by atoms with Crippen LogP contribution in [-0.4, -0.2) is 26.2 Å². The van der Waals surface area contributed by atoms with Crippen LogP contribution in [0.1, 0.15) is 16.1 Å². The van der Waals surface area contributed by atoms with Crippen molar-refractivity contribution in [1.29, 1.82) is 0 Å². The van der Waals surface area contributed by atoms with E-state index in [9.17, 15) is 4.79 Å². The summed E-state index contributed by atoms with van der Waals surface area (Å²) < 4.78 is 5.06.